The molecular weight excluding hydrogens is 246 g/mol. The molecule has 1 amide bonds. The summed E-state index contributed by atoms with van der Waals surface area (Å²) in [5.74, 6) is -0.862. The van der Waals surface area contributed by atoms with Gasteiger partial charge in [-0.2, -0.15) is 5.10 Å². The zero-order valence-electron chi connectivity index (χ0n) is 10.9. The molecule has 0 radical (unpaired) electrons. The summed E-state index contributed by atoms with van der Waals surface area (Å²) in [5, 5.41) is 12.7. The molecule has 104 valence electrons. The number of carboxylic acid groups (broad SMARTS) is 1. The maximum Gasteiger partial charge on any atom is 0.338 e. The molecule has 0 atom stereocenters. The van der Waals surface area contributed by atoms with E-state index in [-0.39, 0.29) is 11.5 Å². The second-order valence-corrected chi connectivity index (χ2v) is 4.84. The Bertz CT molecular complexity index is 448. The van der Waals surface area contributed by atoms with Crippen LogP contribution in [0.5, 0.6) is 0 Å². The fourth-order valence-electron chi connectivity index (χ4n) is 2.28. The number of rotatable bonds is 4. The maximum atomic E-state index is 12.0. The molecule has 0 unspecified atom stereocenters. The highest BCUT2D eigenvalue weighted by molar-refractivity contribution is 5.86. The quantitative estimate of drug-likeness (QED) is 0.892. The molecule has 1 aliphatic heterocycles. The molecule has 0 aromatic carbocycles. The summed E-state index contributed by atoms with van der Waals surface area (Å²) in [6, 6.07) is 0. The number of aromatic nitrogens is 2. The van der Waals surface area contributed by atoms with Gasteiger partial charge in [-0.25, -0.2) is 4.79 Å². The van der Waals surface area contributed by atoms with Crippen LogP contribution in [0.4, 0.5) is 0 Å². The highest BCUT2D eigenvalue weighted by atomic mass is 16.4. The van der Waals surface area contributed by atoms with Gasteiger partial charge in [-0.05, 0) is 12.8 Å². The van der Waals surface area contributed by atoms with Gasteiger partial charge < -0.3 is 10.0 Å². The lowest BCUT2D eigenvalue weighted by Gasteiger charge is -2.20. The van der Waals surface area contributed by atoms with Crippen molar-refractivity contribution < 1.29 is 14.7 Å². The zero-order valence-corrected chi connectivity index (χ0v) is 10.9. The number of carbonyl (C=O) groups is 2. The van der Waals surface area contributed by atoms with Gasteiger partial charge in [0.25, 0.3) is 0 Å². The molecule has 6 heteroatoms. The van der Waals surface area contributed by atoms with Crippen LogP contribution in [0.25, 0.3) is 0 Å². The zero-order chi connectivity index (χ0) is 13.7. The van der Waals surface area contributed by atoms with Crippen LogP contribution >= 0.6 is 0 Å². The molecule has 1 aromatic rings. The SMILES string of the molecule is O=C(O)c1cnn(CCC(=O)N2CCCCCC2)c1. The van der Waals surface area contributed by atoms with Crippen molar-refractivity contribution in [2.45, 2.75) is 38.6 Å². The van der Waals surface area contributed by atoms with Gasteiger partial charge >= 0.3 is 5.97 Å². The molecule has 1 fully saturated rings. The smallest absolute Gasteiger partial charge is 0.338 e. The first-order valence-corrected chi connectivity index (χ1v) is 6.70. The molecule has 2 heterocycles. The van der Waals surface area contributed by atoms with E-state index in [1.54, 1.807) is 0 Å². The van der Waals surface area contributed by atoms with Crippen LogP contribution in [-0.4, -0.2) is 44.8 Å². The molecule has 6 nitrogen and oxygen atoms in total. The molecule has 0 saturated carbocycles. The summed E-state index contributed by atoms with van der Waals surface area (Å²) in [6.07, 6.45) is 7.70. The molecule has 1 N–H and O–H groups in total. The maximum absolute atomic E-state index is 12.0. The molecule has 0 aliphatic carbocycles. The second kappa shape index (κ2) is 6.36. The molecule has 0 spiro atoms. The van der Waals surface area contributed by atoms with Gasteiger partial charge in [0.1, 0.15) is 0 Å². The third-order valence-electron chi connectivity index (χ3n) is 3.39. The van der Waals surface area contributed by atoms with E-state index in [2.05, 4.69) is 5.10 Å². The van der Waals surface area contributed by atoms with Crippen LogP contribution in [0.15, 0.2) is 12.4 Å². The second-order valence-electron chi connectivity index (χ2n) is 4.84. The Morgan fingerprint density at radius 2 is 1.89 bits per heavy atom. The molecule has 2 rings (SSSR count). The number of carboxylic acids is 1. The fourth-order valence-corrected chi connectivity index (χ4v) is 2.28. The number of aromatic carboxylic acids is 1. The predicted octanol–water partition coefficient (Wildman–Crippen LogP) is 1.37. The first kappa shape index (κ1) is 13.6. The van der Waals surface area contributed by atoms with Crippen LogP contribution in [0.2, 0.25) is 0 Å². The van der Waals surface area contributed by atoms with E-state index in [4.69, 9.17) is 5.11 Å². The number of hydrogen-bond donors (Lipinski definition) is 1. The Morgan fingerprint density at radius 1 is 1.21 bits per heavy atom. The Kier molecular flexibility index (Phi) is 4.54. The number of aryl methyl sites for hydroxylation is 1. The number of likely N-dealkylation sites (tertiary alicyclic amines) is 1. The minimum absolute atomic E-state index is 0.134. The number of hydrogen-bond acceptors (Lipinski definition) is 3. The standard InChI is InChI=1S/C13H19N3O3/c17-12(15-6-3-1-2-4-7-15)5-8-16-10-11(9-14-16)13(18)19/h9-10H,1-8H2,(H,18,19). The van der Waals surface area contributed by atoms with Crippen molar-refractivity contribution in [3.05, 3.63) is 18.0 Å². The summed E-state index contributed by atoms with van der Waals surface area (Å²) in [4.78, 5) is 24.7. The third-order valence-corrected chi connectivity index (χ3v) is 3.39. The van der Waals surface area contributed by atoms with Gasteiger partial charge in [-0.15, -0.1) is 0 Å². The molecule has 0 bridgehead atoms. The minimum atomic E-state index is -0.995. The lowest BCUT2D eigenvalue weighted by molar-refractivity contribution is -0.131. The monoisotopic (exact) mass is 265 g/mol. The summed E-state index contributed by atoms with van der Waals surface area (Å²) in [7, 11) is 0. The number of amides is 1. The van der Waals surface area contributed by atoms with Crippen molar-refractivity contribution in [1.82, 2.24) is 14.7 Å². The van der Waals surface area contributed by atoms with Crippen LogP contribution < -0.4 is 0 Å². The van der Waals surface area contributed by atoms with Crippen molar-refractivity contribution in [1.29, 1.82) is 0 Å². The van der Waals surface area contributed by atoms with Crippen molar-refractivity contribution in [3.8, 4) is 0 Å². The predicted molar refractivity (Wildman–Crippen MR) is 68.9 cm³/mol. The number of carbonyl (C=O) groups excluding carboxylic acids is 1. The first-order chi connectivity index (χ1) is 9.16. The highest BCUT2D eigenvalue weighted by Crippen LogP contribution is 2.11. The third kappa shape index (κ3) is 3.81. The van der Waals surface area contributed by atoms with Crippen molar-refractivity contribution >= 4 is 11.9 Å². The van der Waals surface area contributed by atoms with E-state index in [0.717, 1.165) is 25.9 Å². The summed E-state index contributed by atoms with van der Waals surface area (Å²) >= 11 is 0. The Hall–Kier alpha value is -1.85. The Balaban J connectivity index is 1.83. The van der Waals surface area contributed by atoms with Crippen LogP contribution in [-0.2, 0) is 11.3 Å². The minimum Gasteiger partial charge on any atom is -0.478 e. The molecule has 19 heavy (non-hydrogen) atoms. The number of nitrogens with zero attached hydrogens (tertiary/aromatic N) is 3. The Labute approximate surface area is 112 Å². The van der Waals surface area contributed by atoms with Gasteiger partial charge in [-0.3, -0.25) is 9.48 Å². The van der Waals surface area contributed by atoms with E-state index in [1.807, 2.05) is 4.90 Å². The van der Waals surface area contributed by atoms with Crippen molar-refractivity contribution in [3.63, 3.8) is 0 Å². The van der Waals surface area contributed by atoms with E-state index in [1.165, 1.54) is 29.9 Å². The van der Waals surface area contributed by atoms with Gasteiger partial charge in [-0.1, -0.05) is 12.8 Å². The molecular formula is C13H19N3O3. The topological polar surface area (TPSA) is 75.4 Å². The highest BCUT2D eigenvalue weighted by Gasteiger charge is 2.15. The summed E-state index contributed by atoms with van der Waals surface area (Å²) < 4.78 is 1.51. The van der Waals surface area contributed by atoms with Gasteiger partial charge in [0.15, 0.2) is 0 Å². The Morgan fingerprint density at radius 3 is 2.47 bits per heavy atom. The average Bonchev–Trinajstić information content (AvgIpc) is 2.70. The van der Waals surface area contributed by atoms with E-state index in [9.17, 15) is 9.59 Å². The molecule has 1 aromatic heterocycles. The molecule has 1 saturated heterocycles. The normalized spacial score (nSPS) is 16.1. The largest absolute Gasteiger partial charge is 0.478 e. The van der Waals surface area contributed by atoms with Crippen LogP contribution in [0.3, 0.4) is 0 Å². The summed E-state index contributed by atoms with van der Waals surface area (Å²) in [6.45, 7) is 2.12. The van der Waals surface area contributed by atoms with Crippen molar-refractivity contribution in [2.24, 2.45) is 0 Å². The first-order valence-electron chi connectivity index (χ1n) is 6.70. The van der Waals surface area contributed by atoms with E-state index in [0.29, 0.717) is 13.0 Å². The van der Waals surface area contributed by atoms with Crippen molar-refractivity contribution in [2.75, 3.05) is 13.1 Å². The van der Waals surface area contributed by atoms with E-state index < -0.39 is 5.97 Å². The summed E-state index contributed by atoms with van der Waals surface area (Å²) in [5.41, 5.74) is 0.155. The van der Waals surface area contributed by atoms with Gasteiger partial charge in [0.2, 0.25) is 5.91 Å². The molecule has 1 aliphatic rings. The van der Waals surface area contributed by atoms with Crippen LogP contribution in [0.1, 0.15) is 42.5 Å². The lowest BCUT2D eigenvalue weighted by atomic mass is 10.2. The van der Waals surface area contributed by atoms with Crippen LogP contribution in [0, 0.1) is 0 Å². The fraction of sp³-hybridized carbons (Fsp3) is 0.615. The van der Waals surface area contributed by atoms with Gasteiger partial charge in [0, 0.05) is 32.3 Å². The van der Waals surface area contributed by atoms with E-state index >= 15 is 0 Å². The average molecular weight is 265 g/mol. The van der Waals surface area contributed by atoms with Gasteiger partial charge in [0.05, 0.1) is 11.8 Å². The lowest BCUT2D eigenvalue weighted by Crippen LogP contribution is -2.32.